The van der Waals surface area contributed by atoms with E-state index in [1.54, 1.807) is 18.2 Å². The summed E-state index contributed by atoms with van der Waals surface area (Å²) in [5, 5.41) is 24.3. The number of aromatic hydroxyl groups is 1. The molecule has 9 heteroatoms. The van der Waals surface area contributed by atoms with Gasteiger partial charge in [-0.25, -0.2) is 0 Å². The summed E-state index contributed by atoms with van der Waals surface area (Å²) in [4.78, 5) is 25.0. The van der Waals surface area contributed by atoms with Gasteiger partial charge < -0.3 is 20.5 Å². The third kappa shape index (κ3) is 6.94. The van der Waals surface area contributed by atoms with E-state index in [4.69, 9.17) is 4.74 Å². The Hall–Kier alpha value is -3.61. The lowest BCUT2D eigenvalue weighted by atomic mass is 10.1. The number of aryl methyl sites for hydroxylation is 1. The van der Waals surface area contributed by atoms with E-state index in [0.717, 1.165) is 5.56 Å². The Kier molecular flexibility index (Phi) is 8.46. The molecule has 0 heterocycles. The molecule has 0 unspecified atom stereocenters. The maximum absolute atomic E-state index is 12.6. The van der Waals surface area contributed by atoms with Crippen molar-refractivity contribution in [3.63, 3.8) is 0 Å². The van der Waals surface area contributed by atoms with E-state index in [0.29, 0.717) is 31.6 Å². The van der Waals surface area contributed by atoms with Gasteiger partial charge in [-0.3, -0.25) is 9.59 Å². The number of amides is 2. The van der Waals surface area contributed by atoms with Crippen LogP contribution in [0.5, 0.6) is 11.5 Å². The smallest absolute Gasteiger partial charge is 0.266 e. The van der Waals surface area contributed by atoms with Crippen LogP contribution in [0.3, 0.4) is 0 Å². The van der Waals surface area contributed by atoms with Crippen LogP contribution in [-0.2, 0) is 9.59 Å². The molecule has 0 saturated carbocycles. The zero-order valence-corrected chi connectivity index (χ0v) is 21.1. The molecule has 3 aromatic rings. The van der Waals surface area contributed by atoms with Crippen molar-refractivity contribution >= 4 is 61.1 Å². The third-order valence-electron chi connectivity index (χ3n) is 4.48. The Labute approximate surface area is 213 Å². The molecule has 3 rings (SSSR count). The fourth-order valence-electron chi connectivity index (χ4n) is 2.94. The molecule has 0 aliphatic carbocycles. The summed E-state index contributed by atoms with van der Waals surface area (Å²) in [6, 6.07) is 18.5. The summed E-state index contributed by atoms with van der Waals surface area (Å²) in [5.41, 5.74) is 2.33. The largest absolute Gasteiger partial charge is 0.508 e. The van der Waals surface area contributed by atoms with Crippen molar-refractivity contribution in [2.75, 3.05) is 17.2 Å². The van der Waals surface area contributed by atoms with Gasteiger partial charge in [-0.15, -0.1) is 0 Å². The lowest BCUT2D eigenvalue weighted by Crippen LogP contribution is -2.20. The zero-order valence-electron chi connectivity index (χ0n) is 17.9. The van der Waals surface area contributed by atoms with Gasteiger partial charge >= 0.3 is 0 Å². The average Bonchev–Trinajstić information content (AvgIpc) is 2.78. The topological polar surface area (TPSA) is 111 Å². The van der Waals surface area contributed by atoms with E-state index in [2.05, 4.69) is 42.5 Å². The van der Waals surface area contributed by atoms with Gasteiger partial charge in [0.05, 0.1) is 4.47 Å². The Balaban J connectivity index is 1.79. The first-order valence-electron chi connectivity index (χ1n) is 9.95. The van der Waals surface area contributed by atoms with Crippen LogP contribution < -0.4 is 15.4 Å². The molecule has 0 atom stereocenters. The van der Waals surface area contributed by atoms with E-state index in [9.17, 15) is 20.0 Å². The van der Waals surface area contributed by atoms with Crippen LogP contribution in [0.2, 0.25) is 0 Å². The van der Waals surface area contributed by atoms with E-state index in [-0.39, 0.29) is 23.8 Å². The van der Waals surface area contributed by atoms with Crippen molar-refractivity contribution in [1.82, 2.24) is 0 Å². The van der Waals surface area contributed by atoms with E-state index >= 15 is 0 Å². The van der Waals surface area contributed by atoms with Crippen molar-refractivity contribution < 1.29 is 19.4 Å². The van der Waals surface area contributed by atoms with Crippen molar-refractivity contribution in [2.24, 2.45) is 0 Å². The monoisotopic (exact) mass is 583 g/mol. The molecular formula is C25H19Br2N3O4. The fourth-order valence-corrected chi connectivity index (χ4v) is 4.32. The van der Waals surface area contributed by atoms with Gasteiger partial charge in [0.15, 0.2) is 6.61 Å². The maximum Gasteiger partial charge on any atom is 0.266 e. The number of halogens is 2. The third-order valence-corrected chi connectivity index (χ3v) is 5.52. The summed E-state index contributed by atoms with van der Waals surface area (Å²) < 4.78 is 6.96. The van der Waals surface area contributed by atoms with Gasteiger partial charge in [-0.2, -0.15) is 5.26 Å². The number of carbonyl (C=O) groups is 2. The molecule has 0 fully saturated rings. The summed E-state index contributed by atoms with van der Waals surface area (Å²) in [7, 11) is 0. The number of hydrogen-bond donors (Lipinski definition) is 3. The van der Waals surface area contributed by atoms with Crippen LogP contribution >= 0.6 is 31.9 Å². The van der Waals surface area contributed by atoms with Crippen LogP contribution in [0.25, 0.3) is 6.08 Å². The second-order valence-corrected chi connectivity index (χ2v) is 8.95. The van der Waals surface area contributed by atoms with Crippen molar-refractivity contribution in [3.8, 4) is 17.6 Å². The predicted octanol–water partition coefficient (Wildman–Crippen LogP) is 5.79. The zero-order chi connectivity index (χ0) is 24.7. The Bertz CT molecular complexity index is 1300. The highest BCUT2D eigenvalue weighted by molar-refractivity contribution is 9.11. The van der Waals surface area contributed by atoms with Crippen LogP contribution in [0.4, 0.5) is 11.4 Å². The molecule has 0 saturated heterocycles. The van der Waals surface area contributed by atoms with Gasteiger partial charge in [0.2, 0.25) is 0 Å². The van der Waals surface area contributed by atoms with Crippen LogP contribution in [0.15, 0.2) is 75.2 Å². The minimum absolute atomic E-state index is 0.0567. The molecule has 0 spiro atoms. The summed E-state index contributed by atoms with van der Waals surface area (Å²) in [5.74, 6) is -0.637. The lowest BCUT2D eigenvalue weighted by molar-refractivity contribution is -0.118. The number of nitrogens with one attached hydrogen (secondary N) is 2. The van der Waals surface area contributed by atoms with Gasteiger partial charge in [0, 0.05) is 21.4 Å². The van der Waals surface area contributed by atoms with Crippen LogP contribution in [-0.4, -0.2) is 23.5 Å². The van der Waals surface area contributed by atoms with E-state index in [1.807, 2.05) is 31.2 Å². The first-order valence-corrected chi connectivity index (χ1v) is 11.5. The Morgan fingerprint density at radius 1 is 1.06 bits per heavy atom. The van der Waals surface area contributed by atoms with Gasteiger partial charge in [-0.05, 0) is 83.0 Å². The molecule has 0 aliphatic rings. The number of nitrogens with zero attached hydrogens (tertiary/aromatic N) is 1. The lowest BCUT2D eigenvalue weighted by Gasteiger charge is -2.13. The number of phenols is 1. The molecule has 172 valence electrons. The summed E-state index contributed by atoms with van der Waals surface area (Å²) >= 11 is 6.80. The highest BCUT2D eigenvalue weighted by Gasteiger charge is 2.15. The average molecular weight is 585 g/mol. The molecular weight excluding hydrogens is 566 g/mol. The normalized spacial score (nSPS) is 10.8. The summed E-state index contributed by atoms with van der Waals surface area (Å²) in [6.07, 6.45) is 1.37. The number of hydrogen-bond acceptors (Lipinski definition) is 5. The summed E-state index contributed by atoms with van der Waals surface area (Å²) in [6.45, 7) is 1.64. The molecule has 34 heavy (non-hydrogen) atoms. The van der Waals surface area contributed by atoms with Crippen molar-refractivity contribution in [3.05, 3.63) is 86.3 Å². The van der Waals surface area contributed by atoms with Crippen LogP contribution in [0, 0.1) is 18.3 Å². The minimum Gasteiger partial charge on any atom is -0.508 e. The SMILES string of the molecule is Cc1cccc(NC(=O)COc2c(Br)cc(Br)cc2/C=C(\C#N)C(=O)Nc2ccc(O)cc2)c1. The first kappa shape index (κ1) is 25.0. The van der Waals surface area contributed by atoms with E-state index < -0.39 is 5.91 Å². The fraction of sp³-hybridized carbons (Fsp3) is 0.0800. The number of benzene rings is 3. The van der Waals surface area contributed by atoms with Crippen molar-refractivity contribution in [2.45, 2.75) is 6.92 Å². The quantitative estimate of drug-likeness (QED) is 0.185. The molecule has 0 radical (unpaired) electrons. The van der Waals surface area contributed by atoms with Gasteiger partial charge in [-0.1, -0.05) is 28.1 Å². The molecule has 0 aliphatic heterocycles. The predicted molar refractivity (Wildman–Crippen MR) is 137 cm³/mol. The maximum atomic E-state index is 12.6. The van der Waals surface area contributed by atoms with Gasteiger partial charge in [0.25, 0.3) is 11.8 Å². The van der Waals surface area contributed by atoms with E-state index in [1.165, 1.54) is 30.3 Å². The number of anilines is 2. The van der Waals surface area contributed by atoms with Gasteiger partial charge in [0.1, 0.15) is 23.1 Å². The molecule has 3 N–H and O–H groups in total. The first-order chi connectivity index (χ1) is 16.2. The molecule has 0 bridgehead atoms. The number of ether oxygens (including phenoxy) is 1. The Morgan fingerprint density at radius 3 is 2.47 bits per heavy atom. The number of nitriles is 1. The van der Waals surface area contributed by atoms with Crippen molar-refractivity contribution in [1.29, 1.82) is 5.26 Å². The highest BCUT2D eigenvalue weighted by Crippen LogP contribution is 2.34. The molecule has 2 amide bonds. The number of rotatable bonds is 7. The highest BCUT2D eigenvalue weighted by atomic mass is 79.9. The molecule has 7 nitrogen and oxygen atoms in total. The number of phenolic OH excluding ortho intramolecular Hbond substituents is 1. The Morgan fingerprint density at radius 2 is 1.79 bits per heavy atom. The second kappa shape index (κ2) is 11.5. The standard InChI is InChI=1S/C25H19Br2N3O4/c1-15-3-2-4-20(9-15)29-23(32)14-34-24-16(11-18(26)12-22(24)27)10-17(13-28)25(33)30-19-5-7-21(31)8-6-19/h2-12,31H,14H2,1H3,(H,29,32)(H,30,33)/b17-10+. The number of carbonyl (C=O) groups excluding carboxylic acids is 2. The second-order valence-electron chi connectivity index (χ2n) is 7.18. The van der Waals surface area contributed by atoms with Crippen LogP contribution in [0.1, 0.15) is 11.1 Å². The molecule has 3 aromatic carbocycles. The minimum atomic E-state index is -0.632. The molecule has 0 aromatic heterocycles.